The van der Waals surface area contributed by atoms with Gasteiger partial charge in [0.2, 0.25) is 0 Å². The van der Waals surface area contributed by atoms with Crippen molar-refractivity contribution in [1.82, 2.24) is 0 Å². The van der Waals surface area contributed by atoms with E-state index < -0.39 is 0 Å². The Balaban J connectivity index is 1.33. The molecule has 2 saturated heterocycles. The zero-order valence-corrected chi connectivity index (χ0v) is 26.8. The van der Waals surface area contributed by atoms with Crippen molar-refractivity contribution >= 4 is 32.9 Å². The highest BCUT2D eigenvalue weighted by molar-refractivity contribution is 5.90. The second kappa shape index (κ2) is 13.0. The number of anilines is 2. The molecule has 8 rings (SSSR count). The smallest absolute Gasteiger partial charge is 0.0366 e. The van der Waals surface area contributed by atoms with E-state index in [1.807, 2.05) is 0 Å². The van der Waals surface area contributed by atoms with E-state index in [2.05, 4.69) is 143 Å². The number of piperidine rings is 2. The highest BCUT2D eigenvalue weighted by Crippen LogP contribution is 2.47. The molecule has 0 atom stereocenters. The van der Waals surface area contributed by atoms with Crippen LogP contribution in [0, 0.1) is 0 Å². The molecule has 0 saturated carbocycles. The zero-order chi connectivity index (χ0) is 30.7. The van der Waals surface area contributed by atoms with Crippen molar-refractivity contribution in [2.75, 3.05) is 36.0 Å². The number of hydrogen-bond acceptors (Lipinski definition) is 2. The van der Waals surface area contributed by atoms with Crippen molar-refractivity contribution < 1.29 is 0 Å². The van der Waals surface area contributed by atoms with Gasteiger partial charge in [0.05, 0.1) is 0 Å². The molecule has 2 heteroatoms. The third-order valence-electron chi connectivity index (χ3n) is 10.6. The summed E-state index contributed by atoms with van der Waals surface area (Å²) in [4.78, 5) is 5.14. The first-order valence-corrected chi connectivity index (χ1v) is 17.5. The fraction of sp³-hybridized carbons (Fsp3) is 0.273. The Hall–Kier alpha value is -4.56. The maximum atomic E-state index is 2.57. The highest BCUT2D eigenvalue weighted by Gasteiger charge is 2.31. The van der Waals surface area contributed by atoms with Crippen LogP contribution in [0.5, 0.6) is 0 Å². The minimum absolute atomic E-state index is 0.124. The van der Waals surface area contributed by atoms with Gasteiger partial charge in [-0.2, -0.15) is 0 Å². The predicted octanol–water partition coefficient (Wildman–Crippen LogP) is 10.9. The summed E-state index contributed by atoms with van der Waals surface area (Å²) in [5.41, 5.74) is 8.23. The third-order valence-corrected chi connectivity index (χ3v) is 10.6. The van der Waals surface area contributed by atoms with Crippen LogP contribution in [0.25, 0.3) is 21.5 Å². The lowest BCUT2D eigenvalue weighted by Gasteiger charge is -2.33. The fourth-order valence-corrected chi connectivity index (χ4v) is 8.24. The van der Waals surface area contributed by atoms with Crippen LogP contribution < -0.4 is 9.80 Å². The number of rotatable bonds is 7. The number of fused-ring (bicyclic) bond motifs is 2. The molecule has 2 aliphatic rings. The standard InChI is InChI=1S/C44H44N2/c1-7-29-45(30-8-1)37-25-21-35(22-26-37)43(36-23-27-38(28-24-36)46-31-9-2-10-32-46)44(41-19-11-15-33-13-3-5-17-39(33)41)42-20-12-16-34-14-4-6-18-40(34)42/h3-6,11-28,43-44H,1-2,7-10,29-32H2. The molecule has 0 amide bonds. The fourth-order valence-electron chi connectivity index (χ4n) is 8.24. The molecule has 6 aromatic carbocycles. The molecule has 6 aromatic rings. The van der Waals surface area contributed by atoms with Crippen LogP contribution in [-0.2, 0) is 0 Å². The number of benzene rings is 6. The molecule has 230 valence electrons. The molecule has 46 heavy (non-hydrogen) atoms. The minimum atomic E-state index is 0.124. The number of hydrogen-bond donors (Lipinski definition) is 0. The highest BCUT2D eigenvalue weighted by atomic mass is 15.1. The molecule has 2 fully saturated rings. The van der Waals surface area contributed by atoms with E-state index in [4.69, 9.17) is 0 Å². The van der Waals surface area contributed by atoms with Crippen LogP contribution in [0.15, 0.2) is 133 Å². The van der Waals surface area contributed by atoms with Gasteiger partial charge in [-0.05, 0) is 107 Å². The molecule has 0 aliphatic carbocycles. The van der Waals surface area contributed by atoms with Gasteiger partial charge >= 0.3 is 0 Å². The van der Waals surface area contributed by atoms with Crippen LogP contribution in [0.2, 0.25) is 0 Å². The third kappa shape index (κ3) is 5.66. The summed E-state index contributed by atoms with van der Waals surface area (Å²) in [5.74, 6) is 0.265. The summed E-state index contributed by atoms with van der Waals surface area (Å²) in [5, 5.41) is 5.26. The van der Waals surface area contributed by atoms with Crippen LogP contribution in [0.3, 0.4) is 0 Å². The molecule has 2 nitrogen and oxygen atoms in total. The average molecular weight is 601 g/mol. The van der Waals surface area contributed by atoms with Gasteiger partial charge in [-0.25, -0.2) is 0 Å². The Morgan fingerprint density at radius 2 is 0.739 bits per heavy atom. The lowest BCUT2D eigenvalue weighted by atomic mass is 9.71. The van der Waals surface area contributed by atoms with E-state index in [1.54, 1.807) is 0 Å². The van der Waals surface area contributed by atoms with Crippen LogP contribution in [0.1, 0.15) is 72.6 Å². The van der Waals surface area contributed by atoms with Gasteiger partial charge in [0, 0.05) is 49.4 Å². The average Bonchev–Trinajstić information content (AvgIpc) is 3.14. The Bertz CT molecular complexity index is 1760. The summed E-state index contributed by atoms with van der Waals surface area (Å²) >= 11 is 0. The van der Waals surface area contributed by atoms with Gasteiger partial charge in [0.15, 0.2) is 0 Å². The molecular formula is C44H44N2. The molecule has 0 bridgehead atoms. The SMILES string of the molecule is c1ccc2c(C(c3cccc4ccccc34)C(c3ccc(N4CCCCC4)cc3)c3ccc(N4CCCCC4)cc3)cccc2c1. The first-order valence-electron chi connectivity index (χ1n) is 17.5. The van der Waals surface area contributed by atoms with Crippen molar-refractivity contribution in [1.29, 1.82) is 0 Å². The van der Waals surface area contributed by atoms with Gasteiger partial charge in [0.25, 0.3) is 0 Å². The van der Waals surface area contributed by atoms with E-state index >= 15 is 0 Å². The Labute approximate surface area is 274 Å². The first kappa shape index (κ1) is 28.9. The molecule has 0 unspecified atom stereocenters. The maximum Gasteiger partial charge on any atom is 0.0366 e. The minimum Gasteiger partial charge on any atom is -0.372 e. The van der Waals surface area contributed by atoms with Gasteiger partial charge in [-0.3, -0.25) is 0 Å². The van der Waals surface area contributed by atoms with Crippen molar-refractivity contribution in [2.45, 2.75) is 50.4 Å². The van der Waals surface area contributed by atoms with E-state index in [0.29, 0.717) is 0 Å². The molecule has 0 spiro atoms. The summed E-state index contributed by atoms with van der Waals surface area (Å²) in [6.45, 7) is 4.65. The molecule has 2 aliphatic heterocycles. The van der Waals surface area contributed by atoms with Gasteiger partial charge in [0.1, 0.15) is 0 Å². The lowest BCUT2D eigenvalue weighted by Crippen LogP contribution is -2.29. The maximum absolute atomic E-state index is 2.57. The van der Waals surface area contributed by atoms with Gasteiger partial charge < -0.3 is 9.80 Å². The molecule has 0 N–H and O–H groups in total. The second-order valence-corrected chi connectivity index (χ2v) is 13.4. The summed E-state index contributed by atoms with van der Waals surface area (Å²) in [7, 11) is 0. The molecule has 0 radical (unpaired) electrons. The van der Waals surface area contributed by atoms with Crippen molar-refractivity contribution in [3.05, 3.63) is 156 Å². The van der Waals surface area contributed by atoms with Crippen LogP contribution in [-0.4, -0.2) is 26.2 Å². The van der Waals surface area contributed by atoms with E-state index in [1.165, 1.54) is 93.7 Å². The Morgan fingerprint density at radius 3 is 1.17 bits per heavy atom. The topological polar surface area (TPSA) is 6.48 Å². The van der Waals surface area contributed by atoms with E-state index in [0.717, 1.165) is 26.2 Å². The van der Waals surface area contributed by atoms with E-state index in [9.17, 15) is 0 Å². The zero-order valence-electron chi connectivity index (χ0n) is 26.8. The number of nitrogens with zero attached hydrogens (tertiary/aromatic N) is 2. The summed E-state index contributed by atoms with van der Waals surface area (Å²) in [6, 6.07) is 50.9. The van der Waals surface area contributed by atoms with Crippen molar-refractivity contribution in [2.24, 2.45) is 0 Å². The largest absolute Gasteiger partial charge is 0.372 e. The van der Waals surface area contributed by atoms with Crippen molar-refractivity contribution in [3.63, 3.8) is 0 Å². The summed E-state index contributed by atoms with van der Waals surface area (Å²) in [6.07, 6.45) is 7.86. The van der Waals surface area contributed by atoms with Crippen LogP contribution >= 0.6 is 0 Å². The van der Waals surface area contributed by atoms with Crippen molar-refractivity contribution in [3.8, 4) is 0 Å². The lowest BCUT2D eigenvalue weighted by molar-refractivity contribution is 0.577. The normalized spacial score (nSPS) is 15.7. The van der Waals surface area contributed by atoms with Gasteiger partial charge in [-0.1, -0.05) is 109 Å². The monoisotopic (exact) mass is 600 g/mol. The second-order valence-electron chi connectivity index (χ2n) is 13.4. The Morgan fingerprint density at radius 1 is 0.348 bits per heavy atom. The van der Waals surface area contributed by atoms with Crippen LogP contribution in [0.4, 0.5) is 11.4 Å². The Kier molecular flexibility index (Phi) is 8.19. The quantitative estimate of drug-likeness (QED) is 0.180. The first-order chi connectivity index (χ1) is 22.8. The molecule has 2 heterocycles. The predicted molar refractivity (Wildman–Crippen MR) is 197 cm³/mol. The summed E-state index contributed by atoms with van der Waals surface area (Å²) < 4.78 is 0. The van der Waals surface area contributed by atoms with Gasteiger partial charge in [-0.15, -0.1) is 0 Å². The molecule has 0 aromatic heterocycles. The van der Waals surface area contributed by atoms with E-state index in [-0.39, 0.29) is 11.8 Å². The molecular weight excluding hydrogens is 556 g/mol.